The molecule has 1 aromatic carbocycles. The van der Waals surface area contributed by atoms with Crippen LogP contribution in [0.15, 0.2) is 35.5 Å². The molecular weight excluding hydrogens is 323 g/mol. The third kappa shape index (κ3) is 2.10. The molecule has 0 bridgehead atoms. The van der Waals surface area contributed by atoms with E-state index in [1.54, 1.807) is 34.6 Å². The van der Waals surface area contributed by atoms with Crippen LogP contribution in [-0.4, -0.2) is 28.9 Å². The summed E-state index contributed by atoms with van der Waals surface area (Å²) < 4.78 is 18.8. The molecule has 0 atom stereocenters. The maximum atomic E-state index is 14.1. The van der Waals surface area contributed by atoms with Gasteiger partial charge in [-0.3, -0.25) is 13.8 Å². The van der Waals surface area contributed by atoms with E-state index in [1.807, 2.05) is 6.20 Å². The van der Waals surface area contributed by atoms with E-state index >= 15 is 0 Å². The van der Waals surface area contributed by atoms with Crippen LogP contribution in [0.2, 0.25) is 0 Å². The van der Waals surface area contributed by atoms with E-state index in [1.165, 1.54) is 23.5 Å². The molecule has 1 saturated carbocycles. The molecule has 8 heteroatoms. The van der Waals surface area contributed by atoms with Crippen molar-refractivity contribution in [2.75, 3.05) is 0 Å². The van der Waals surface area contributed by atoms with Gasteiger partial charge in [-0.15, -0.1) is 5.10 Å². The smallest absolute Gasteiger partial charge is 0.264 e. The minimum absolute atomic E-state index is 0.0504. The largest absolute Gasteiger partial charge is 0.294 e. The van der Waals surface area contributed by atoms with E-state index in [0.717, 1.165) is 12.1 Å². The molecule has 126 valence electrons. The van der Waals surface area contributed by atoms with Gasteiger partial charge < -0.3 is 0 Å². The first-order valence-corrected chi connectivity index (χ1v) is 8.19. The SMILES string of the molecule is Cn1c(=O)c2c(F)cccc2n2cnc(-n3cc(CC4CC4)nn3)c12. The Labute approximate surface area is 141 Å². The molecule has 0 aliphatic heterocycles. The quantitative estimate of drug-likeness (QED) is 0.572. The molecule has 3 aromatic heterocycles. The number of hydrogen-bond acceptors (Lipinski definition) is 4. The molecular formula is C17H15FN6O. The van der Waals surface area contributed by atoms with E-state index in [2.05, 4.69) is 15.3 Å². The van der Waals surface area contributed by atoms with Crippen LogP contribution in [0, 0.1) is 11.7 Å². The molecule has 0 saturated heterocycles. The van der Waals surface area contributed by atoms with E-state index in [0.29, 0.717) is 22.9 Å². The number of aryl methyl sites for hydroxylation is 1. The number of halogens is 1. The zero-order chi connectivity index (χ0) is 17.1. The molecule has 0 spiro atoms. The fraction of sp³-hybridized carbons (Fsp3) is 0.294. The van der Waals surface area contributed by atoms with E-state index in [-0.39, 0.29) is 5.39 Å². The minimum atomic E-state index is -0.539. The maximum Gasteiger partial charge on any atom is 0.264 e. The first kappa shape index (κ1) is 14.3. The average molecular weight is 338 g/mol. The molecule has 0 N–H and O–H groups in total. The number of aromatic nitrogens is 6. The molecule has 0 unspecified atom stereocenters. The van der Waals surface area contributed by atoms with Gasteiger partial charge in [0.25, 0.3) is 5.56 Å². The standard InChI is InChI=1S/C17H15FN6O/c1-22-16-15(24-8-11(20-21-24)7-10-5-6-10)19-9-23(16)13-4-2-3-12(18)14(13)17(22)25/h2-4,8-10H,5-7H2,1H3. The molecule has 1 aliphatic rings. The molecule has 7 nitrogen and oxygen atoms in total. The van der Waals surface area contributed by atoms with E-state index in [9.17, 15) is 9.18 Å². The monoisotopic (exact) mass is 338 g/mol. The van der Waals surface area contributed by atoms with Crippen LogP contribution in [-0.2, 0) is 13.5 Å². The fourth-order valence-corrected chi connectivity index (χ4v) is 3.28. The fourth-order valence-electron chi connectivity index (χ4n) is 3.28. The van der Waals surface area contributed by atoms with Crippen molar-refractivity contribution in [2.45, 2.75) is 19.3 Å². The zero-order valence-corrected chi connectivity index (χ0v) is 13.6. The maximum absolute atomic E-state index is 14.1. The van der Waals surface area contributed by atoms with Gasteiger partial charge in [0.2, 0.25) is 0 Å². The van der Waals surface area contributed by atoms with Crippen molar-refractivity contribution in [2.24, 2.45) is 13.0 Å². The second kappa shape index (κ2) is 4.98. The lowest BCUT2D eigenvalue weighted by Gasteiger charge is -2.08. The van der Waals surface area contributed by atoms with Gasteiger partial charge in [-0.2, -0.15) is 4.68 Å². The van der Waals surface area contributed by atoms with Crippen LogP contribution in [0.5, 0.6) is 0 Å². The molecule has 25 heavy (non-hydrogen) atoms. The Bertz CT molecular complexity index is 1180. The number of benzene rings is 1. The first-order chi connectivity index (χ1) is 12.1. The summed E-state index contributed by atoms with van der Waals surface area (Å²) in [5.41, 5.74) is 1.54. The highest BCUT2D eigenvalue weighted by molar-refractivity contribution is 5.82. The number of imidazole rings is 1. The lowest BCUT2D eigenvalue weighted by molar-refractivity contribution is 0.636. The van der Waals surface area contributed by atoms with Crippen molar-refractivity contribution in [3.05, 3.63) is 52.6 Å². The summed E-state index contributed by atoms with van der Waals surface area (Å²) in [4.78, 5) is 17.0. The van der Waals surface area contributed by atoms with E-state index < -0.39 is 11.4 Å². The van der Waals surface area contributed by atoms with Crippen molar-refractivity contribution < 1.29 is 4.39 Å². The lowest BCUT2D eigenvalue weighted by Crippen LogP contribution is -2.21. The lowest BCUT2D eigenvalue weighted by atomic mass is 10.2. The predicted octanol–water partition coefficient (Wildman–Crippen LogP) is 1.86. The summed E-state index contributed by atoms with van der Waals surface area (Å²) in [7, 11) is 1.61. The number of fused-ring (bicyclic) bond motifs is 3. The molecule has 3 heterocycles. The Morgan fingerprint density at radius 1 is 1.32 bits per heavy atom. The highest BCUT2D eigenvalue weighted by Crippen LogP contribution is 2.32. The molecule has 0 amide bonds. The number of nitrogens with zero attached hydrogens (tertiary/aromatic N) is 6. The summed E-state index contributed by atoms with van der Waals surface area (Å²) in [6, 6.07) is 4.58. The third-order valence-corrected chi connectivity index (χ3v) is 4.76. The van der Waals surface area contributed by atoms with Crippen LogP contribution in [0.1, 0.15) is 18.5 Å². The number of hydrogen-bond donors (Lipinski definition) is 0. The van der Waals surface area contributed by atoms with Crippen molar-refractivity contribution in [1.82, 2.24) is 28.9 Å². The summed E-state index contributed by atoms with van der Waals surface area (Å²) >= 11 is 0. The summed E-state index contributed by atoms with van der Waals surface area (Å²) in [5.74, 6) is 0.670. The van der Waals surface area contributed by atoms with Crippen molar-refractivity contribution in [3.63, 3.8) is 0 Å². The Morgan fingerprint density at radius 3 is 2.96 bits per heavy atom. The average Bonchev–Trinajstić information content (AvgIpc) is 3.11. The Balaban J connectivity index is 1.76. The Kier molecular flexibility index (Phi) is 2.85. The molecule has 4 aromatic rings. The van der Waals surface area contributed by atoms with E-state index in [4.69, 9.17) is 0 Å². The zero-order valence-electron chi connectivity index (χ0n) is 13.6. The highest BCUT2D eigenvalue weighted by Gasteiger charge is 2.24. The summed E-state index contributed by atoms with van der Waals surface area (Å²) in [5, 5.41) is 8.41. The van der Waals surface area contributed by atoms with Crippen LogP contribution in [0.25, 0.3) is 22.4 Å². The van der Waals surface area contributed by atoms with Gasteiger partial charge in [0.1, 0.15) is 12.1 Å². The van der Waals surface area contributed by atoms with Crippen molar-refractivity contribution in [1.29, 1.82) is 0 Å². The Morgan fingerprint density at radius 2 is 2.16 bits per heavy atom. The van der Waals surface area contributed by atoms with Gasteiger partial charge in [0.15, 0.2) is 11.5 Å². The topological polar surface area (TPSA) is 70.0 Å². The molecule has 1 aliphatic carbocycles. The van der Waals surface area contributed by atoms with Crippen LogP contribution < -0.4 is 5.56 Å². The normalized spacial score (nSPS) is 14.6. The van der Waals surface area contributed by atoms with Crippen LogP contribution >= 0.6 is 0 Å². The van der Waals surface area contributed by atoms with Gasteiger partial charge in [0.05, 0.1) is 22.8 Å². The van der Waals surface area contributed by atoms with Gasteiger partial charge in [-0.25, -0.2) is 9.37 Å². The number of rotatable bonds is 3. The molecule has 0 radical (unpaired) electrons. The predicted molar refractivity (Wildman–Crippen MR) is 89.2 cm³/mol. The second-order valence-electron chi connectivity index (χ2n) is 6.56. The van der Waals surface area contributed by atoms with Crippen molar-refractivity contribution >= 4 is 16.6 Å². The minimum Gasteiger partial charge on any atom is -0.294 e. The summed E-state index contributed by atoms with van der Waals surface area (Å²) in [6.07, 6.45) is 6.83. The van der Waals surface area contributed by atoms with Crippen molar-refractivity contribution in [3.8, 4) is 5.82 Å². The second-order valence-corrected chi connectivity index (χ2v) is 6.56. The molecule has 1 fully saturated rings. The molecule has 5 rings (SSSR count). The highest BCUT2D eigenvalue weighted by atomic mass is 19.1. The van der Waals surface area contributed by atoms with Crippen LogP contribution in [0.4, 0.5) is 4.39 Å². The van der Waals surface area contributed by atoms with Gasteiger partial charge in [-0.1, -0.05) is 11.3 Å². The first-order valence-electron chi connectivity index (χ1n) is 8.19. The van der Waals surface area contributed by atoms with Gasteiger partial charge in [0, 0.05) is 7.05 Å². The van der Waals surface area contributed by atoms with Gasteiger partial charge >= 0.3 is 0 Å². The van der Waals surface area contributed by atoms with Crippen LogP contribution in [0.3, 0.4) is 0 Å². The third-order valence-electron chi connectivity index (χ3n) is 4.76. The Hall–Kier alpha value is -3.03. The van der Waals surface area contributed by atoms with Gasteiger partial charge in [-0.05, 0) is 37.3 Å². The summed E-state index contributed by atoms with van der Waals surface area (Å²) in [6.45, 7) is 0.